The Hall–Kier alpha value is -1.22. The molecular weight excluding hydrogens is 288 g/mol. The van der Waals surface area contributed by atoms with Crippen molar-refractivity contribution in [3.05, 3.63) is 23.8 Å². The average molecular weight is 322 g/mol. The molecule has 1 aromatic rings. The Kier molecular flexibility index (Phi) is 10.5. The van der Waals surface area contributed by atoms with Crippen LogP contribution < -0.4 is 0 Å². The fourth-order valence-corrected chi connectivity index (χ4v) is 2.98. The number of aryl methyl sites for hydroxylation is 1. The number of benzene rings is 1. The molecule has 1 atom stereocenters. The first kappa shape index (κ1) is 19.8. The van der Waals surface area contributed by atoms with Crippen LogP contribution in [0.4, 0.5) is 0 Å². The third kappa shape index (κ3) is 11.0. The maximum absolute atomic E-state index is 9.43. The zero-order valence-corrected chi connectivity index (χ0v) is 14.6. The molecule has 0 aliphatic heterocycles. The Morgan fingerprint density at radius 2 is 1.13 bits per heavy atom. The molecule has 3 heteroatoms. The van der Waals surface area contributed by atoms with E-state index in [-0.39, 0.29) is 17.6 Å². The molecule has 3 nitrogen and oxygen atoms in total. The van der Waals surface area contributed by atoms with Crippen LogP contribution in [0.25, 0.3) is 0 Å². The first-order valence-corrected chi connectivity index (χ1v) is 9.28. The molecular formula is C20H34O3. The van der Waals surface area contributed by atoms with Gasteiger partial charge in [-0.05, 0) is 43.9 Å². The van der Waals surface area contributed by atoms with Crippen molar-refractivity contribution in [1.29, 1.82) is 0 Å². The molecule has 0 amide bonds. The summed E-state index contributed by atoms with van der Waals surface area (Å²) in [5, 5.41) is 28.0. The fourth-order valence-electron chi connectivity index (χ4n) is 2.98. The zero-order chi connectivity index (χ0) is 16.9. The number of phenols is 2. The summed E-state index contributed by atoms with van der Waals surface area (Å²) in [4.78, 5) is 0. The van der Waals surface area contributed by atoms with Gasteiger partial charge in [0.2, 0.25) is 0 Å². The Morgan fingerprint density at radius 1 is 0.696 bits per heavy atom. The van der Waals surface area contributed by atoms with Crippen molar-refractivity contribution in [3.63, 3.8) is 0 Å². The maximum atomic E-state index is 9.43. The number of aliphatic hydroxyl groups excluding tert-OH is 1. The van der Waals surface area contributed by atoms with Crippen LogP contribution in [0.3, 0.4) is 0 Å². The van der Waals surface area contributed by atoms with Gasteiger partial charge in [0.05, 0.1) is 6.10 Å². The predicted octanol–water partition coefficient (Wildman–Crippen LogP) is 5.31. The summed E-state index contributed by atoms with van der Waals surface area (Å²) < 4.78 is 0. The molecule has 0 aliphatic rings. The van der Waals surface area contributed by atoms with E-state index < -0.39 is 0 Å². The molecule has 0 aromatic heterocycles. The van der Waals surface area contributed by atoms with E-state index in [1.165, 1.54) is 57.4 Å². The van der Waals surface area contributed by atoms with E-state index in [1.807, 2.05) is 6.92 Å². The lowest BCUT2D eigenvalue weighted by atomic mass is 10.0. The van der Waals surface area contributed by atoms with Gasteiger partial charge in [-0.2, -0.15) is 0 Å². The molecule has 1 unspecified atom stereocenters. The van der Waals surface area contributed by atoms with Crippen LogP contribution in [-0.4, -0.2) is 21.4 Å². The lowest BCUT2D eigenvalue weighted by molar-refractivity contribution is 0.180. The van der Waals surface area contributed by atoms with Crippen molar-refractivity contribution >= 4 is 0 Å². The Labute approximate surface area is 141 Å². The molecule has 0 heterocycles. The van der Waals surface area contributed by atoms with E-state index in [4.69, 9.17) is 0 Å². The topological polar surface area (TPSA) is 60.7 Å². The van der Waals surface area contributed by atoms with Crippen LogP contribution in [0.1, 0.15) is 83.1 Å². The highest BCUT2D eigenvalue weighted by Gasteiger charge is 2.00. The van der Waals surface area contributed by atoms with Crippen LogP contribution >= 0.6 is 0 Å². The normalized spacial score (nSPS) is 12.4. The lowest BCUT2D eigenvalue weighted by Gasteiger charge is -2.05. The monoisotopic (exact) mass is 322 g/mol. The second-order valence-electron chi connectivity index (χ2n) is 6.78. The highest BCUT2D eigenvalue weighted by Crippen LogP contribution is 2.22. The highest BCUT2D eigenvalue weighted by atomic mass is 16.3. The minimum Gasteiger partial charge on any atom is -0.508 e. The Balaban J connectivity index is 1.88. The maximum Gasteiger partial charge on any atom is 0.119 e. The van der Waals surface area contributed by atoms with Crippen molar-refractivity contribution < 1.29 is 15.3 Å². The summed E-state index contributed by atoms with van der Waals surface area (Å²) in [5.74, 6) is 0.293. The smallest absolute Gasteiger partial charge is 0.119 e. The molecule has 1 rings (SSSR count). The summed E-state index contributed by atoms with van der Waals surface area (Å²) in [6.45, 7) is 1.86. The van der Waals surface area contributed by atoms with Crippen molar-refractivity contribution in [2.75, 3.05) is 0 Å². The summed E-state index contributed by atoms with van der Waals surface area (Å²) >= 11 is 0. The van der Waals surface area contributed by atoms with Gasteiger partial charge in [-0.1, -0.05) is 57.8 Å². The number of unbranched alkanes of at least 4 members (excludes halogenated alkanes) is 9. The van der Waals surface area contributed by atoms with Gasteiger partial charge >= 0.3 is 0 Å². The summed E-state index contributed by atoms with van der Waals surface area (Å²) in [6, 6.07) is 4.84. The second kappa shape index (κ2) is 12.2. The van der Waals surface area contributed by atoms with Gasteiger partial charge in [-0.3, -0.25) is 0 Å². The van der Waals surface area contributed by atoms with E-state index in [1.54, 1.807) is 12.1 Å². The summed E-state index contributed by atoms with van der Waals surface area (Å²) in [5.41, 5.74) is 1.01. The van der Waals surface area contributed by atoms with Gasteiger partial charge in [-0.15, -0.1) is 0 Å². The van der Waals surface area contributed by atoms with E-state index >= 15 is 0 Å². The standard InChI is InChI=1S/C20H34O3/c1-17(21)12-10-8-6-4-2-3-5-7-9-11-13-18-14-19(22)16-20(23)15-18/h14-17,21-23H,2-13H2,1H3. The average Bonchev–Trinajstić information content (AvgIpc) is 2.47. The van der Waals surface area contributed by atoms with Gasteiger partial charge in [0.1, 0.15) is 11.5 Å². The SMILES string of the molecule is CC(O)CCCCCCCCCCCCc1cc(O)cc(O)c1. The van der Waals surface area contributed by atoms with Gasteiger partial charge < -0.3 is 15.3 Å². The number of hydrogen-bond acceptors (Lipinski definition) is 3. The van der Waals surface area contributed by atoms with Gasteiger partial charge in [0, 0.05) is 6.07 Å². The summed E-state index contributed by atoms with van der Waals surface area (Å²) in [6.07, 6.45) is 14.3. The van der Waals surface area contributed by atoms with E-state index in [0.29, 0.717) is 0 Å². The zero-order valence-electron chi connectivity index (χ0n) is 14.6. The molecule has 0 bridgehead atoms. The largest absolute Gasteiger partial charge is 0.508 e. The molecule has 23 heavy (non-hydrogen) atoms. The number of aliphatic hydroxyl groups is 1. The summed E-state index contributed by atoms with van der Waals surface area (Å²) in [7, 11) is 0. The van der Waals surface area contributed by atoms with Crippen LogP contribution in [0, 0.1) is 0 Å². The molecule has 0 aliphatic carbocycles. The van der Waals surface area contributed by atoms with Crippen molar-refractivity contribution in [1.82, 2.24) is 0 Å². The minimum absolute atomic E-state index is 0.140. The highest BCUT2D eigenvalue weighted by molar-refractivity contribution is 5.36. The van der Waals surface area contributed by atoms with Crippen LogP contribution in [0.2, 0.25) is 0 Å². The van der Waals surface area contributed by atoms with E-state index in [2.05, 4.69) is 0 Å². The molecule has 132 valence electrons. The van der Waals surface area contributed by atoms with Crippen LogP contribution in [0.15, 0.2) is 18.2 Å². The second-order valence-corrected chi connectivity index (χ2v) is 6.78. The molecule has 0 saturated heterocycles. The lowest BCUT2D eigenvalue weighted by Crippen LogP contribution is -1.98. The fraction of sp³-hybridized carbons (Fsp3) is 0.700. The molecule has 0 radical (unpaired) electrons. The third-order valence-corrected chi connectivity index (χ3v) is 4.30. The van der Waals surface area contributed by atoms with E-state index in [0.717, 1.165) is 31.2 Å². The number of hydrogen-bond donors (Lipinski definition) is 3. The molecule has 1 aromatic carbocycles. The first-order valence-electron chi connectivity index (χ1n) is 9.28. The number of aromatic hydroxyl groups is 2. The van der Waals surface area contributed by atoms with E-state index in [9.17, 15) is 15.3 Å². The van der Waals surface area contributed by atoms with Gasteiger partial charge in [-0.25, -0.2) is 0 Å². The van der Waals surface area contributed by atoms with Gasteiger partial charge in [0.15, 0.2) is 0 Å². The minimum atomic E-state index is -0.140. The Bertz CT molecular complexity index is 395. The molecule has 3 N–H and O–H groups in total. The number of rotatable bonds is 13. The van der Waals surface area contributed by atoms with Gasteiger partial charge in [0.25, 0.3) is 0 Å². The van der Waals surface area contributed by atoms with Crippen LogP contribution in [-0.2, 0) is 6.42 Å². The molecule has 0 spiro atoms. The molecule has 0 fully saturated rings. The van der Waals surface area contributed by atoms with Crippen molar-refractivity contribution in [3.8, 4) is 11.5 Å². The van der Waals surface area contributed by atoms with Crippen molar-refractivity contribution in [2.24, 2.45) is 0 Å². The molecule has 0 saturated carbocycles. The van der Waals surface area contributed by atoms with Crippen molar-refractivity contribution in [2.45, 2.75) is 90.1 Å². The number of phenolic OH excluding ortho intramolecular Hbond substituents is 2. The third-order valence-electron chi connectivity index (χ3n) is 4.30. The first-order chi connectivity index (χ1) is 11.1. The van der Waals surface area contributed by atoms with Crippen LogP contribution in [0.5, 0.6) is 11.5 Å². The Morgan fingerprint density at radius 3 is 1.61 bits per heavy atom. The predicted molar refractivity (Wildman–Crippen MR) is 95.9 cm³/mol. The quantitative estimate of drug-likeness (QED) is 0.431.